The van der Waals surface area contributed by atoms with Crippen LogP contribution in [0, 0.1) is 17.3 Å². The van der Waals surface area contributed by atoms with E-state index in [0.717, 1.165) is 5.56 Å². The SMILES string of the molecule is CC(C)(C)CC(NC(=O)C#CCc1ccccc1)C(=O)Oc1ccccc1C(O)(C(N)=O)c1ccccc1. The molecule has 0 aliphatic heterocycles. The average molecular weight is 513 g/mol. The van der Waals surface area contributed by atoms with E-state index in [4.69, 9.17) is 10.5 Å². The number of ether oxygens (including phenoxy) is 1. The van der Waals surface area contributed by atoms with E-state index in [1.54, 1.807) is 42.5 Å². The third-order valence-electron chi connectivity index (χ3n) is 5.78. The van der Waals surface area contributed by atoms with Crippen LogP contribution in [0.3, 0.4) is 0 Å². The van der Waals surface area contributed by atoms with Gasteiger partial charge < -0.3 is 20.9 Å². The zero-order valence-electron chi connectivity index (χ0n) is 21.7. The molecule has 196 valence electrons. The molecule has 0 aliphatic carbocycles. The highest BCUT2D eigenvalue weighted by Gasteiger charge is 2.41. The Balaban J connectivity index is 1.85. The standard InChI is InChI=1S/C31H32N2O5/c1-30(2,3)21-25(33-27(34)20-12-15-22-13-6-4-7-14-22)28(35)38-26-19-11-10-18-24(26)31(37,29(32)36)23-16-8-5-9-17-23/h4-11,13-14,16-19,25,37H,15,21H2,1-3H3,(H2,32,36)(H,33,34). The topological polar surface area (TPSA) is 119 Å². The van der Waals surface area contributed by atoms with E-state index in [2.05, 4.69) is 17.2 Å². The Labute approximate surface area is 223 Å². The van der Waals surface area contributed by atoms with Crippen LogP contribution in [0.1, 0.15) is 43.9 Å². The summed E-state index contributed by atoms with van der Waals surface area (Å²) in [6.45, 7) is 5.78. The monoisotopic (exact) mass is 512 g/mol. The fraction of sp³-hybridized carbons (Fsp3) is 0.258. The fourth-order valence-corrected chi connectivity index (χ4v) is 3.97. The molecule has 3 aromatic rings. The number of aliphatic hydroxyl groups is 1. The van der Waals surface area contributed by atoms with E-state index in [-0.39, 0.29) is 28.7 Å². The van der Waals surface area contributed by atoms with Crippen LogP contribution >= 0.6 is 0 Å². The maximum atomic E-state index is 13.3. The molecule has 0 aromatic heterocycles. The zero-order chi connectivity index (χ0) is 27.8. The molecule has 2 unspecified atom stereocenters. The molecule has 0 saturated heterocycles. The van der Waals surface area contributed by atoms with Gasteiger partial charge in [0.05, 0.1) is 0 Å². The number of rotatable bonds is 8. The molecule has 0 saturated carbocycles. The summed E-state index contributed by atoms with van der Waals surface area (Å²) in [5, 5.41) is 14.1. The summed E-state index contributed by atoms with van der Waals surface area (Å²) < 4.78 is 5.68. The number of nitrogens with one attached hydrogen (secondary N) is 1. The molecule has 0 radical (unpaired) electrons. The molecule has 2 atom stereocenters. The van der Waals surface area contributed by atoms with Crippen molar-refractivity contribution >= 4 is 17.8 Å². The lowest BCUT2D eigenvalue weighted by Gasteiger charge is -2.28. The van der Waals surface area contributed by atoms with E-state index in [1.165, 1.54) is 12.1 Å². The van der Waals surface area contributed by atoms with Gasteiger partial charge in [-0.25, -0.2) is 4.79 Å². The summed E-state index contributed by atoms with van der Waals surface area (Å²) >= 11 is 0. The zero-order valence-corrected chi connectivity index (χ0v) is 21.7. The predicted octanol–water partition coefficient (Wildman–Crippen LogP) is 3.48. The van der Waals surface area contributed by atoms with Crippen molar-refractivity contribution in [2.45, 2.75) is 45.3 Å². The number of carbonyl (C=O) groups is 3. The first kappa shape index (κ1) is 28.2. The van der Waals surface area contributed by atoms with Crippen molar-refractivity contribution in [3.63, 3.8) is 0 Å². The second kappa shape index (κ2) is 12.2. The van der Waals surface area contributed by atoms with Crippen molar-refractivity contribution in [2.24, 2.45) is 11.1 Å². The van der Waals surface area contributed by atoms with E-state index in [0.29, 0.717) is 6.42 Å². The number of primary amides is 1. The first-order chi connectivity index (χ1) is 18.0. The summed E-state index contributed by atoms with van der Waals surface area (Å²) in [5.74, 6) is 2.90. The molecule has 0 bridgehead atoms. The number of hydrogen-bond acceptors (Lipinski definition) is 5. The lowest BCUT2D eigenvalue weighted by molar-refractivity contribution is -0.140. The van der Waals surface area contributed by atoms with Gasteiger partial charge in [0.1, 0.15) is 11.8 Å². The molecular formula is C31H32N2O5. The van der Waals surface area contributed by atoms with Crippen molar-refractivity contribution in [3.8, 4) is 17.6 Å². The molecule has 0 spiro atoms. The van der Waals surface area contributed by atoms with Crippen LogP contribution in [0.25, 0.3) is 0 Å². The third kappa shape index (κ3) is 7.31. The molecule has 38 heavy (non-hydrogen) atoms. The van der Waals surface area contributed by atoms with Crippen LogP contribution in [-0.4, -0.2) is 28.9 Å². The van der Waals surface area contributed by atoms with E-state index >= 15 is 0 Å². The van der Waals surface area contributed by atoms with Gasteiger partial charge in [-0.05, 0) is 34.9 Å². The van der Waals surface area contributed by atoms with Crippen LogP contribution in [0.4, 0.5) is 0 Å². The minimum Gasteiger partial charge on any atom is -0.425 e. The highest BCUT2D eigenvalue weighted by molar-refractivity contribution is 5.96. The van der Waals surface area contributed by atoms with Crippen molar-refractivity contribution < 1.29 is 24.2 Å². The predicted molar refractivity (Wildman–Crippen MR) is 145 cm³/mol. The quantitative estimate of drug-likeness (QED) is 0.243. The second-order valence-corrected chi connectivity index (χ2v) is 10.1. The van der Waals surface area contributed by atoms with Gasteiger partial charge in [0.15, 0.2) is 5.60 Å². The smallest absolute Gasteiger partial charge is 0.334 e. The molecule has 0 heterocycles. The van der Waals surface area contributed by atoms with Gasteiger partial charge in [0.2, 0.25) is 0 Å². The molecular weight excluding hydrogens is 480 g/mol. The fourth-order valence-electron chi connectivity index (χ4n) is 3.97. The first-order valence-electron chi connectivity index (χ1n) is 12.2. The molecule has 0 fully saturated rings. The van der Waals surface area contributed by atoms with E-state index in [1.807, 2.05) is 51.1 Å². The Kier molecular flexibility index (Phi) is 9.06. The van der Waals surface area contributed by atoms with Crippen molar-refractivity contribution in [1.82, 2.24) is 5.32 Å². The maximum Gasteiger partial charge on any atom is 0.334 e. The van der Waals surface area contributed by atoms with E-state index in [9.17, 15) is 19.5 Å². The number of benzene rings is 3. The average Bonchev–Trinajstić information content (AvgIpc) is 2.88. The van der Waals surface area contributed by atoms with Gasteiger partial charge in [-0.2, -0.15) is 0 Å². The van der Waals surface area contributed by atoms with Gasteiger partial charge in [-0.3, -0.25) is 9.59 Å². The maximum absolute atomic E-state index is 13.3. The Bertz CT molecular complexity index is 1340. The number of hydrogen-bond donors (Lipinski definition) is 3. The Morgan fingerprint density at radius 3 is 2.11 bits per heavy atom. The van der Waals surface area contributed by atoms with Gasteiger partial charge in [-0.1, -0.05) is 106 Å². The Morgan fingerprint density at radius 1 is 0.921 bits per heavy atom. The molecule has 0 aliphatic rings. The summed E-state index contributed by atoms with van der Waals surface area (Å²) in [4.78, 5) is 38.4. The van der Waals surface area contributed by atoms with Gasteiger partial charge >= 0.3 is 5.97 Å². The number of esters is 1. The largest absolute Gasteiger partial charge is 0.425 e. The molecule has 7 heteroatoms. The lowest BCUT2D eigenvalue weighted by atomic mass is 9.85. The number of carbonyl (C=O) groups excluding carboxylic acids is 3. The summed E-state index contributed by atoms with van der Waals surface area (Å²) in [6.07, 6.45) is 0.653. The van der Waals surface area contributed by atoms with Crippen LogP contribution < -0.4 is 15.8 Å². The van der Waals surface area contributed by atoms with Crippen molar-refractivity contribution in [3.05, 3.63) is 102 Å². The molecule has 2 amide bonds. The Hall–Kier alpha value is -4.41. The number of para-hydroxylation sites is 1. The summed E-state index contributed by atoms with van der Waals surface area (Å²) in [5.41, 5.74) is 4.25. The number of nitrogens with two attached hydrogens (primary N) is 1. The molecule has 3 rings (SSSR count). The van der Waals surface area contributed by atoms with Crippen molar-refractivity contribution in [1.29, 1.82) is 0 Å². The normalized spacial score (nSPS) is 13.3. The molecule has 7 nitrogen and oxygen atoms in total. The lowest BCUT2D eigenvalue weighted by Crippen LogP contribution is -2.45. The number of amides is 2. The minimum absolute atomic E-state index is 0.00976. The van der Waals surface area contributed by atoms with E-state index < -0.39 is 29.4 Å². The molecule has 3 aromatic carbocycles. The minimum atomic E-state index is -2.25. The van der Waals surface area contributed by atoms with Crippen LogP contribution in [0.15, 0.2) is 84.9 Å². The van der Waals surface area contributed by atoms with Gasteiger partial charge in [0.25, 0.3) is 11.8 Å². The third-order valence-corrected chi connectivity index (χ3v) is 5.78. The van der Waals surface area contributed by atoms with Crippen LogP contribution in [0.2, 0.25) is 0 Å². The summed E-state index contributed by atoms with van der Waals surface area (Å²) in [7, 11) is 0. The second-order valence-electron chi connectivity index (χ2n) is 10.1. The van der Waals surface area contributed by atoms with Gasteiger partial charge in [0, 0.05) is 12.0 Å². The van der Waals surface area contributed by atoms with Gasteiger partial charge in [-0.15, -0.1) is 0 Å². The van der Waals surface area contributed by atoms with Crippen LogP contribution in [-0.2, 0) is 26.4 Å². The van der Waals surface area contributed by atoms with Crippen molar-refractivity contribution in [2.75, 3.05) is 0 Å². The molecule has 4 N–H and O–H groups in total. The highest BCUT2D eigenvalue weighted by atomic mass is 16.5. The summed E-state index contributed by atoms with van der Waals surface area (Å²) in [6, 6.07) is 22.8. The first-order valence-corrected chi connectivity index (χ1v) is 12.2. The highest BCUT2D eigenvalue weighted by Crippen LogP contribution is 2.36. The van der Waals surface area contributed by atoms with Crippen LogP contribution in [0.5, 0.6) is 5.75 Å². The Morgan fingerprint density at radius 2 is 1.50 bits per heavy atom.